The first-order chi connectivity index (χ1) is 8.60. The summed E-state index contributed by atoms with van der Waals surface area (Å²) in [7, 11) is 0. The lowest BCUT2D eigenvalue weighted by atomic mass is 10.2. The second kappa shape index (κ2) is 4.07. The summed E-state index contributed by atoms with van der Waals surface area (Å²) in [6.07, 6.45) is 5.41. The number of H-pyrrole nitrogens is 1. The van der Waals surface area contributed by atoms with Crippen molar-refractivity contribution in [3.05, 3.63) is 28.6 Å². The Morgan fingerprint density at radius 2 is 2.39 bits per heavy atom. The predicted octanol–water partition coefficient (Wildman–Crippen LogP) is 0.667. The van der Waals surface area contributed by atoms with Gasteiger partial charge in [0.1, 0.15) is 0 Å². The molecule has 1 saturated carbocycles. The van der Waals surface area contributed by atoms with Crippen molar-refractivity contribution in [2.24, 2.45) is 0 Å². The number of rotatable bonds is 4. The third-order valence-electron chi connectivity index (χ3n) is 3.48. The molecule has 0 amide bonds. The fourth-order valence-electron chi connectivity index (χ4n) is 1.99. The van der Waals surface area contributed by atoms with Gasteiger partial charge in [-0.1, -0.05) is 0 Å². The molecule has 0 aromatic carbocycles. The SMILES string of the molecule is CC(NCc1nnc2c(=O)[nH]ccn12)C1(Cl)CC1. The maximum atomic E-state index is 11.5. The zero-order valence-corrected chi connectivity index (χ0v) is 10.7. The van der Waals surface area contributed by atoms with Gasteiger partial charge in [0.25, 0.3) is 5.56 Å². The van der Waals surface area contributed by atoms with Crippen molar-refractivity contribution in [3.63, 3.8) is 0 Å². The standard InChI is InChI=1S/C11H14ClN5O/c1-7(11(12)2-3-11)14-6-8-15-16-9-10(18)13-4-5-17(8)9/h4-5,7,14H,2-3,6H2,1H3,(H,13,18). The summed E-state index contributed by atoms with van der Waals surface area (Å²) < 4.78 is 1.69. The van der Waals surface area contributed by atoms with E-state index in [1.54, 1.807) is 16.8 Å². The van der Waals surface area contributed by atoms with E-state index in [1.165, 1.54) is 0 Å². The van der Waals surface area contributed by atoms with E-state index in [0.29, 0.717) is 18.0 Å². The molecular weight excluding hydrogens is 254 g/mol. The molecule has 2 aromatic heterocycles. The van der Waals surface area contributed by atoms with Crippen molar-refractivity contribution in [2.45, 2.75) is 37.2 Å². The quantitative estimate of drug-likeness (QED) is 0.799. The van der Waals surface area contributed by atoms with E-state index in [2.05, 4.69) is 27.4 Å². The molecule has 1 aliphatic carbocycles. The third-order valence-corrected chi connectivity index (χ3v) is 4.18. The second-order valence-corrected chi connectivity index (χ2v) is 5.49. The molecule has 96 valence electrons. The Labute approximate surface area is 108 Å². The lowest BCUT2D eigenvalue weighted by Gasteiger charge is -2.17. The molecule has 0 saturated heterocycles. The number of nitrogens with one attached hydrogen (secondary N) is 2. The molecule has 3 rings (SSSR count). The highest BCUT2D eigenvalue weighted by Gasteiger charge is 2.45. The van der Waals surface area contributed by atoms with Crippen molar-refractivity contribution in [1.82, 2.24) is 24.9 Å². The molecule has 6 nitrogen and oxygen atoms in total. The Bertz CT molecular complexity index is 630. The second-order valence-electron chi connectivity index (χ2n) is 4.74. The van der Waals surface area contributed by atoms with Crippen molar-refractivity contribution in [2.75, 3.05) is 0 Å². The van der Waals surface area contributed by atoms with Crippen LogP contribution in [0.25, 0.3) is 5.65 Å². The summed E-state index contributed by atoms with van der Waals surface area (Å²) in [6, 6.07) is 0.216. The highest BCUT2D eigenvalue weighted by Crippen LogP contribution is 2.45. The van der Waals surface area contributed by atoms with Gasteiger partial charge in [-0.2, -0.15) is 0 Å². The first-order valence-corrected chi connectivity index (χ1v) is 6.31. The molecule has 2 aromatic rings. The molecular formula is C11H14ClN5O. The molecule has 2 heterocycles. The number of hydrogen-bond acceptors (Lipinski definition) is 4. The first kappa shape index (κ1) is 11.7. The molecule has 1 unspecified atom stereocenters. The van der Waals surface area contributed by atoms with E-state index in [-0.39, 0.29) is 16.5 Å². The largest absolute Gasteiger partial charge is 0.324 e. The van der Waals surface area contributed by atoms with Gasteiger partial charge in [-0.25, -0.2) is 0 Å². The Morgan fingerprint density at radius 1 is 1.61 bits per heavy atom. The van der Waals surface area contributed by atoms with E-state index in [0.717, 1.165) is 12.8 Å². The van der Waals surface area contributed by atoms with Gasteiger partial charge in [0, 0.05) is 18.4 Å². The van der Waals surface area contributed by atoms with Crippen LogP contribution in [0.5, 0.6) is 0 Å². The summed E-state index contributed by atoms with van der Waals surface area (Å²) in [5, 5.41) is 11.2. The monoisotopic (exact) mass is 267 g/mol. The van der Waals surface area contributed by atoms with Gasteiger partial charge in [-0.15, -0.1) is 21.8 Å². The Kier molecular flexibility index (Phi) is 2.64. The van der Waals surface area contributed by atoms with E-state index < -0.39 is 0 Å². The first-order valence-electron chi connectivity index (χ1n) is 5.94. The zero-order chi connectivity index (χ0) is 12.8. The van der Waals surface area contributed by atoms with Crippen molar-refractivity contribution in [1.29, 1.82) is 0 Å². The molecule has 0 aliphatic heterocycles. The van der Waals surface area contributed by atoms with Crippen LogP contribution in [-0.4, -0.2) is 30.5 Å². The molecule has 2 N–H and O–H groups in total. The smallest absolute Gasteiger partial charge is 0.293 e. The van der Waals surface area contributed by atoms with Crippen molar-refractivity contribution >= 4 is 17.2 Å². The maximum absolute atomic E-state index is 11.5. The van der Waals surface area contributed by atoms with Gasteiger partial charge in [0.05, 0.1) is 11.4 Å². The average molecular weight is 268 g/mol. The fraction of sp³-hybridized carbons (Fsp3) is 0.545. The van der Waals surface area contributed by atoms with Gasteiger partial charge in [0.2, 0.25) is 5.65 Å². The van der Waals surface area contributed by atoms with Gasteiger partial charge in [-0.3, -0.25) is 9.20 Å². The van der Waals surface area contributed by atoms with Crippen LogP contribution in [0.1, 0.15) is 25.6 Å². The molecule has 0 bridgehead atoms. The van der Waals surface area contributed by atoms with Crippen LogP contribution in [0.4, 0.5) is 0 Å². The highest BCUT2D eigenvalue weighted by molar-refractivity contribution is 6.26. The Morgan fingerprint density at radius 3 is 3.11 bits per heavy atom. The lowest BCUT2D eigenvalue weighted by molar-refractivity contribution is 0.504. The molecule has 7 heteroatoms. The minimum absolute atomic E-state index is 0.0992. The Balaban J connectivity index is 1.79. The summed E-state index contributed by atoms with van der Waals surface area (Å²) in [5.41, 5.74) is 0.0780. The molecule has 1 aliphatic rings. The summed E-state index contributed by atoms with van der Waals surface area (Å²) in [6.45, 7) is 2.61. The average Bonchev–Trinajstić information content (AvgIpc) is 2.97. The fourth-order valence-corrected chi connectivity index (χ4v) is 2.16. The third kappa shape index (κ3) is 1.91. The number of fused-ring (bicyclic) bond motifs is 1. The van der Waals surface area contributed by atoms with Gasteiger partial charge in [0.15, 0.2) is 5.82 Å². The number of hydrogen-bond donors (Lipinski definition) is 2. The van der Waals surface area contributed by atoms with Crippen LogP contribution in [0.3, 0.4) is 0 Å². The van der Waals surface area contributed by atoms with Crippen molar-refractivity contribution < 1.29 is 0 Å². The van der Waals surface area contributed by atoms with Crippen LogP contribution in [-0.2, 0) is 6.54 Å². The maximum Gasteiger partial charge on any atom is 0.293 e. The number of nitrogens with zero attached hydrogens (tertiary/aromatic N) is 3. The van der Waals surface area contributed by atoms with E-state index in [1.807, 2.05) is 0 Å². The lowest BCUT2D eigenvalue weighted by Crippen LogP contribution is -2.35. The molecule has 1 fully saturated rings. The van der Waals surface area contributed by atoms with E-state index >= 15 is 0 Å². The van der Waals surface area contributed by atoms with Crippen LogP contribution in [0.15, 0.2) is 17.2 Å². The van der Waals surface area contributed by atoms with Crippen molar-refractivity contribution in [3.8, 4) is 0 Å². The van der Waals surface area contributed by atoms with E-state index in [9.17, 15) is 4.79 Å². The van der Waals surface area contributed by atoms with Crippen LogP contribution < -0.4 is 10.9 Å². The molecule has 1 atom stereocenters. The summed E-state index contributed by atoms with van der Waals surface area (Å²) in [5.74, 6) is 0.712. The van der Waals surface area contributed by atoms with Gasteiger partial charge < -0.3 is 10.3 Å². The summed E-state index contributed by atoms with van der Waals surface area (Å²) >= 11 is 6.32. The minimum atomic E-state index is -0.236. The number of halogens is 1. The topological polar surface area (TPSA) is 75.1 Å². The van der Waals surface area contributed by atoms with Gasteiger partial charge >= 0.3 is 0 Å². The normalized spacial score (nSPS) is 19.0. The van der Waals surface area contributed by atoms with Crippen LogP contribution in [0.2, 0.25) is 0 Å². The molecule has 0 radical (unpaired) electrons. The number of alkyl halides is 1. The predicted molar refractivity (Wildman–Crippen MR) is 67.7 cm³/mol. The number of aromatic nitrogens is 4. The Hall–Kier alpha value is -1.40. The minimum Gasteiger partial charge on any atom is -0.324 e. The molecule has 18 heavy (non-hydrogen) atoms. The highest BCUT2D eigenvalue weighted by atomic mass is 35.5. The van der Waals surface area contributed by atoms with Crippen LogP contribution >= 0.6 is 11.6 Å². The molecule has 0 spiro atoms. The zero-order valence-electron chi connectivity index (χ0n) is 9.98. The van der Waals surface area contributed by atoms with E-state index in [4.69, 9.17) is 11.6 Å². The summed E-state index contributed by atoms with van der Waals surface area (Å²) in [4.78, 5) is 13.9. The van der Waals surface area contributed by atoms with Gasteiger partial charge in [-0.05, 0) is 19.8 Å². The number of aromatic amines is 1. The van der Waals surface area contributed by atoms with Crippen LogP contribution in [0, 0.1) is 0 Å².